The first-order valence-corrected chi connectivity index (χ1v) is 6.84. The summed E-state index contributed by atoms with van der Waals surface area (Å²) in [6.45, 7) is 2.48. The predicted octanol–water partition coefficient (Wildman–Crippen LogP) is 2.55. The average Bonchev–Trinajstić information content (AvgIpc) is 2.45. The molecule has 0 spiro atoms. The van der Waals surface area contributed by atoms with Crippen molar-refractivity contribution in [1.29, 1.82) is 0 Å². The van der Waals surface area contributed by atoms with Crippen molar-refractivity contribution in [2.75, 3.05) is 0 Å². The summed E-state index contributed by atoms with van der Waals surface area (Å²) >= 11 is 4.65. The van der Waals surface area contributed by atoms with Gasteiger partial charge in [-0.2, -0.15) is 0 Å². The maximum atomic E-state index is 11.8. The Kier molecular flexibility index (Phi) is 4.90. The highest BCUT2D eigenvalue weighted by molar-refractivity contribution is 7.80. The standard InChI is InChI=1S/C16H16N2O2S/c1-11-4-2-5-12(8-11)10-20-14-7-3-6-13(9-14)15(19)18-16(17)21/h2-9H,10H2,1H3,(H3,17,18,19,21). The zero-order valence-corrected chi connectivity index (χ0v) is 12.4. The SMILES string of the molecule is Cc1cccc(COc2cccc(C(=O)NC(N)=S)c2)c1. The van der Waals surface area contributed by atoms with Crippen LogP contribution in [0.3, 0.4) is 0 Å². The van der Waals surface area contributed by atoms with Gasteiger partial charge in [0.2, 0.25) is 0 Å². The van der Waals surface area contributed by atoms with E-state index in [0.717, 1.165) is 5.56 Å². The smallest absolute Gasteiger partial charge is 0.257 e. The molecular weight excluding hydrogens is 284 g/mol. The van der Waals surface area contributed by atoms with E-state index in [4.69, 9.17) is 10.5 Å². The summed E-state index contributed by atoms with van der Waals surface area (Å²) in [6, 6.07) is 15.0. The number of rotatable bonds is 4. The fourth-order valence-corrected chi connectivity index (χ4v) is 1.97. The van der Waals surface area contributed by atoms with Crippen molar-refractivity contribution in [2.24, 2.45) is 5.73 Å². The van der Waals surface area contributed by atoms with E-state index in [0.29, 0.717) is 17.9 Å². The molecule has 4 nitrogen and oxygen atoms in total. The maximum absolute atomic E-state index is 11.8. The molecule has 0 heterocycles. The molecule has 21 heavy (non-hydrogen) atoms. The third kappa shape index (κ3) is 4.57. The second kappa shape index (κ2) is 6.85. The van der Waals surface area contributed by atoms with Crippen LogP contribution in [0.1, 0.15) is 21.5 Å². The number of carbonyl (C=O) groups excluding carboxylic acids is 1. The number of thiocarbonyl (C=S) groups is 1. The summed E-state index contributed by atoms with van der Waals surface area (Å²) in [4.78, 5) is 11.8. The van der Waals surface area contributed by atoms with E-state index in [1.807, 2.05) is 25.1 Å². The molecule has 108 valence electrons. The van der Waals surface area contributed by atoms with Crippen molar-refractivity contribution in [1.82, 2.24) is 5.32 Å². The van der Waals surface area contributed by atoms with Crippen molar-refractivity contribution in [3.05, 3.63) is 65.2 Å². The fourth-order valence-electron chi connectivity index (χ4n) is 1.88. The highest BCUT2D eigenvalue weighted by Gasteiger charge is 2.07. The first kappa shape index (κ1) is 15.0. The summed E-state index contributed by atoms with van der Waals surface area (Å²) in [5, 5.41) is 2.33. The summed E-state index contributed by atoms with van der Waals surface area (Å²) in [5.74, 6) is 0.274. The zero-order valence-electron chi connectivity index (χ0n) is 11.6. The Balaban J connectivity index is 2.04. The molecule has 0 saturated heterocycles. The highest BCUT2D eigenvalue weighted by atomic mass is 32.1. The van der Waals surface area contributed by atoms with Gasteiger partial charge in [-0.15, -0.1) is 0 Å². The Morgan fingerprint density at radius 3 is 2.71 bits per heavy atom. The van der Waals surface area contributed by atoms with Gasteiger partial charge in [-0.3, -0.25) is 10.1 Å². The summed E-state index contributed by atoms with van der Waals surface area (Å²) in [6.07, 6.45) is 0. The predicted molar refractivity (Wildman–Crippen MR) is 86.2 cm³/mol. The fraction of sp³-hybridized carbons (Fsp3) is 0.125. The van der Waals surface area contributed by atoms with Crippen LogP contribution in [0.4, 0.5) is 0 Å². The van der Waals surface area contributed by atoms with Crippen molar-refractivity contribution < 1.29 is 9.53 Å². The van der Waals surface area contributed by atoms with Crippen LogP contribution in [-0.4, -0.2) is 11.0 Å². The number of ether oxygens (including phenoxy) is 1. The molecule has 0 unspecified atom stereocenters. The van der Waals surface area contributed by atoms with Crippen LogP contribution in [0.15, 0.2) is 48.5 Å². The molecule has 0 saturated carbocycles. The molecule has 0 radical (unpaired) electrons. The minimum atomic E-state index is -0.344. The lowest BCUT2D eigenvalue weighted by Gasteiger charge is -2.08. The van der Waals surface area contributed by atoms with E-state index in [1.54, 1.807) is 24.3 Å². The molecule has 0 fully saturated rings. The van der Waals surface area contributed by atoms with Gasteiger partial charge in [0.1, 0.15) is 12.4 Å². The molecule has 5 heteroatoms. The monoisotopic (exact) mass is 300 g/mol. The van der Waals surface area contributed by atoms with Gasteiger partial charge in [-0.05, 0) is 42.9 Å². The number of nitrogens with one attached hydrogen (secondary N) is 1. The number of nitrogens with two attached hydrogens (primary N) is 1. The average molecular weight is 300 g/mol. The molecular formula is C16H16N2O2S. The van der Waals surface area contributed by atoms with Crippen LogP contribution in [0.5, 0.6) is 5.75 Å². The van der Waals surface area contributed by atoms with Crippen molar-refractivity contribution in [3.63, 3.8) is 0 Å². The highest BCUT2D eigenvalue weighted by Crippen LogP contribution is 2.15. The Bertz CT molecular complexity index is 671. The van der Waals surface area contributed by atoms with Crippen LogP contribution < -0.4 is 15.8 Å². The van der Waals surface area contributed by atoms with Crippen molar-refractivity contribution >= 4 is 23.2 Å². The summed E-state index contributed by atoms with van der Waals surface area (Å²) in [7, 11) is 0. The normalized spacial score (nSPS) is 9.95. The number of benzene rings is 2. The maximum Gasteiger partial charge on any atom is 0.257 e. The van der Waals surface area contributed by atoms with E-state index in [1.165, 1.54) is 5.56 Å². The zero-order chi connectivity index (χ0) is 15.2. The first-order valence-electron chi connectivity index (χ1n) is 6.44. The van der Waals surface area contributed by atoms with Crippen molar-refractivity contribution in [3.8, 4) is 5.75 Å². The third-order valence-corrected chi connectivity index (χ3v) is 2.92. The molecule has 0 atom stereocenters. The van der Waals surface area contributed by atoms with Crippen LogP contribution in [0.2, 0.25) is 0 Å². The van der Waals surface area contributed by atoms with E-state index in [9.17, 15) is 4.79 Å². The van der Waals surface area contributed by atoms with E-state index in [2.05, 4.69) is 23.6 Å². The second-order valence-electron chi connectivity index (χ2n) is 4.62. The molecule has 2 aromatic carbocycles. The molecule has 2 aromatic rings. The summed E-state index contributed by atoms with van der Waals surface area (Å²) < 4.78 is 5.70. The third-order valence-electron chi connectivity index (χ3n) is 2.82. The number of hydrogen-bond donors (Lipinski definition) is 2. The Morgan fingerprint density at radius 2 is 2.00 bits per heavy atom. The number of aryl methyl sites for hydroxylation is 1. The molecule has 3 N–H and O–H groups in total. The lowest BCUT2D eigenvalue weighted by atomic mass is 10.1. The van der Waals surface area contributed by atoms with Gasteiger partial charge in [-0.1, -0.05) is 35.9 Å². The topological polar surface area (TPSA) is 64.3 Å². The second-order valence-corrected chi connectivity index (χ2v) is 5.06. The van der Waals surface area contributed by atoms with E-state index < -0.39 is 0 Å². The quantitative estimate of drug-likeness (QED) is 0.852. The Morgan fingerprint density at radius 1 is 1.24 bits per heavy atom. The van der Waals surface area contributed by atoms with E-state index >= 15 is 0 Å². The van der Waals surface area contributed by atoms with Crippen LogP contribution in [0.25, 0.3) is 0 Å². The first-order chi connectivity index (χ1) is 10.0. The molecule has 0 aromatic heterocycles. The molecule has 2 rings (SSSR count). The van der Waals surface area contributed by atoms with Gasteiger partial charge in [0.25, 0.3) is 5.91 Å². The lowest BCUT2D eigenvalue weighted by Crippen LogP contribution is -2.34. The molecule has 0 aliphatic rings. The van der Waals surface area contributed by atoms with Crippen molar-refractivity contribution in [2.45, 2.75) is 13.5 Å². The van der Waals surface area contributed by atoms with Crippen LogP contribution >= 0.6 is 12.2 Å². The number of hydrogen-bond acceptors (Lipinski definition) is 3. The Hall–Kier alpha value is -2.40. The van der Waals surface area contributed by atoms with Crippen LogP contribution in [-0.2, 0) is 6.61 Å². The molecule has 0 aliphatic carbocycles. The van der Waals surface area contributed by atoms with Gasteiger partial charge in [0, 0.05) is 5.56 Å². The molecule has 0 aliphatic heterocycles. The van der Waals surface area contributed by atoms with Gasteiger partial charge in [0.15, 0.2) is 5.11 Å². The van der Waals surface area contributed by atoms with Gasteiger partial charge in [0.05, 0.1) is 0 Å². The number of amides is 1. The minimum Gasteiger partial charge on any atom is -0.489 e. The molecule has 1 amide bonds. The lowest BCUT2D eigenvalue weighted by molar-refractivity contribution is 0.0977. The Labute approximate surface area is 128 Å². The van der Waals surface area contributed by atoms with E-state index in [-0.39, 0.29) is 11.0 Å². The largest absolute Gasteiger partial charge is 0.489 e. The van der Waals surface area contributed by atoms with Gasteiger partial charge in [-0.25, -0.2) is 0 Å². The minimum absolute atomic E-state index is 0.0499. The number of carbonyl (C=O) groups is 1. The summed E-state index contributed by atoms with van der Waals surface area (Å²) in [5.41, 5.74) is 7.99. The van der Waals surface area contributed by atoms with Gasteiger partial charge >= 0.3 is 0 Å². The van der Waals surface area contributed by atoms with Gasteiger partial charge < -0.3 is 10.5 Å². The molecule has 0 bridgehead atoms. The van der Waals surface area contributed by atoms with Crippen LogP contribution in [0, 0.1) is 6.92 Å².